The van der Waals surface area contributed by atoms with E-state index in [0.717, 1.165) is 18.7 Å². The van der Waals surface area contributed by atoms with Crippen molar-refractivity contribution in [1.29, 1.82) is 0 Å². The van der Waals surface area contributed by atoms with Crippen LogP contribution in [0.4, 0.5) is 0 Å². The minimum Gasteiger partial charge on any atom is -0.389 e. The van der Waals surface area contributed by atoms with Crippen LogP contribution in [0.1, 0.15) is 19.4 Å². The van der Waals surface area contributed by atoms with E-state index in [1.807, 2.05) is 24.3 Å². The number of ether oxygens (including phenoxy) is 2. The number of β-amino-alcohol motifs (C(OH)–C–C–N with tert-alkyl or cyclic N) is 1. The molecule has 0 radical (unpaired) electrons. The molecule has 1 fully saturated rings. The molecule has 0 aromatic heterocycles. The number of hydrogen-bond donors (Lipinski definition) is 1. The van der Waals surface area contributed by atoms with Gasteiger partial charge in [0.05, 0.1) is 32.5 Å². The van der Waals surface area contributed by atoms with Gasteiger partial charge in [-0.2, -0.15) is 0 Å². The fourth-order valence-corrected chi connectivity index (χ4v) is 2.56. The highest BCUT2D eigenvalue weighted by Gasteiger charge is 2.31. The largest absolute Gasteiger partial charge is 0.389 e. The molecular formula is C16H25Cl2NO3. The molecule has 0 saturated carbocycles. The van der Waals surface area contributed by atoms with Crippen LogP contribution in [0.25, 0.3) is 0 Å². The van der Waals surface area contributed by atoms with Crippen molar-refractivity contribution in [2.75, 3.05) is 32.9 Å². The molecule has 1 saturated heterocycles. The van der Waals surface area contributed by atoms with Crippen molar-refractivity contribution in [2.24, 2.45) is 0 Å². The predicted octanol–water partition coefficient (Wildman–Crippen LogP) is 2.75. The lowest BCUT2D eigenvalue weighted by Gasteiger charge is -2.42. The second-order valence-corrected chi connectivity index (χ2v) is 6.54. The van der Waals surface area contributed by atoms with Gasteiger partial charge < -0.3 is 14.6 Å². The van der Waals surface area contributed by atoms with Gasteiger partial charge in [-0.3, -0.25) is 4.90 Å². The third-order valence-electron chi connectivity index (χ3n) is 3.74. The molecule has 0 aliphatic carbocycles. The Kier molecular flexibility index (Phi) is 8.11. The Labute approximate surface area is 143 Å². The van der Waals surface area contributed by atoms with Gasteiger partial charge >= 0.3 is 0 Å². The third kappa shape index (κ3) is 6.03. The number of nitrogens with zero attached hydrogens (tertiary/aromatic N) is 1. The minimum atomic E-state index is -0.491. The van der Waals surface area contributed by atoms with Crippen molar-refractivity contribution in [3.8, 4) is 0 Å². The van der Waals surface area contributed by atoms with Gasteiger partial charge in [0, 0.05) is 23.7 Å². The normalized spacial score (nSPS) is 19.5. The lowest BCUT2D eigenvalue weighted by Crippen LogP contribution is -2.55. The van der Waals surface area contributed by atoms with E-state index in [2.05, 4.69) is 18.7 Å². The zero-order valence-electron chi connectivity index (χ0n) is 13.1. The molecule has 4 nitrogen and oxygen atoms in total. The van der Waals surface area contributed by atoms with Crippen LogP contribution in [-0.2, 0) is 16.1 Å². The molecule has 22 heavy (non-hydrogen) atoms. The second-order valence-electron chi connectivity index (χ2n) is 6.11. The van der Waals surface area contributed by atoms with Crippen molar-refractivity contribution >= 4 is 24.0 Å². The molecular weight excluding hydrogens is 325 g/mol. The van der Waals surface area contributed by atoms with Crippen LogP contribution in [0.2, 0.25) is 5.02 Å². The van der Waals surface area contributed by atoms with Gasteiger partial charge in [-0.25, -0.2) is 0 Å². The summed E-state index contributed by atoms with van der Waals surface area (Å²) in [5.74, 6) is 0. The van der Waals surface area contributed by atoms with Gasteiger partial charge in [0.2, 0.25) is 0 Å². The third-order valence-corrected chi connectivity index (χ3v) is 3.99. The number of hydrogen-bond acceptors (Lipinski definition) is 4. The smallest absolute Gasteiger partial charge is 0.0900 e. The molecule has 1 unspecified atom stereocenters. The van der Waals surface area contributed by atoms with Gasteiger partial charge in [0.25, 0.3) is 0 Å². The number of rotatable bonds is 6. The first-order valence-corrected chi connectivity index (χ1v) is 7.68. The van der Waals surface area contributed by atoms with Gasteiger partial charge in [0.1, 0.15) is 0 Å². The summed E-state index contributed by atoms with van der Waals surface area (Å²) in [4.78, 5) is 2.26. The molecule has 0 spiro atoms. The highest BCUT2D eigenvalue weighted by molar-refractivity contribution is 6.30. The van der Waals surface area contributed by atoms with Crippen molar-refractivity contribution in [3.05, 3.63) is 34.9 Å². The summed E-state index contributed by atoms with van der Waals surface area (Å²) in [6.45, 7) is 7.96. The van der Waals surface area contributed by atoms with E-state index in [1.165, 1.54) is 0 Å². The van der Waals surface area contributed by atoms with E-state index in [9.17, 15) is 5.11 Å². The Morgan fingerprint density at radius 2 is 2.05 bits per heavy atom. The monoisotopic (exact) mass is 349 g/mol. The first kappa shape index (κ1) is 19.7. The van der Waals surface area contributed by atoms with Crippen molar-refractivity contribution in [3.63, 3.8) is 0 Å². The fraction of sp³-hybridized carbons (Fsp3) is 0.625. The average molecular weight is 350 g/mol. The Hall–Kier alpha value is -0.360. The average Bonchev–Trinajstić information content (AvgIpc) is 2.43. The number of halogens is 2. The zero-order chi connectivity index (χ0) is 15.3. The van der Waals surface area contributed by atoms with Crippen LogP contribution >= 0.6 is 24.0 Å². The maximum atomic E-state index is 10.1. The molecule has 126 valence electrons. The van der Waals surface area contributed by atoms with E-state index >= 15 is 0 Å². The van der Waals surface area contributed by atoms with Crippen LogP contribution < -0.4 is 0 Å². The summed E-state index contributed by atoms with van der Waals surface area (Å²) >= 11 is 5.83. The highest BCUT2D eigenvalue weighted by Crippen LogP contribution is 2.19. The van der Waals surface area contributed by atoms with E-state index in [0.29, 0.717) is 31.4 Å². The summed E-state index contributed by atoms with van der Waals surface area (Å²) in [6, 6.07) is 7.54. The van der Waals surface area contributed by atoms with Crippen molar-refractivity contribution < 1.29 is 14.6 Å². The number of benzene rings is 1. The maximum absolute atomic E-state index is 10.1. The molecule has 1 aliphatic rings. The summed E-state index contributed by atoms with van der Waals surface area (Å²) in [7, 11) is 0. The molecule has 0 bridgehead atoms. The van der Waals surface area contributed by atoms with Gasteiger partial charge in [0.15, 0.2) is 0 Å². The van der Waals surface area contributed by atoms with Crippen LogP contribution in [0.3, 0.4) is 0 Å². The number of morpholine rings is 1. The van der Waals surface area contributed by atoms with E-state index in [-0.39, 0.29) is 17.9 Å². The lowest BCUT2D eigenvalue weighted by atomic mass is 10.0. The van der Waals surface area contributed by atoms with Gasteiger partial charge in [-0.15, -0.1) is 12.4 Å². The Bertz CT molecular complexity index is 440. The van der Waals surface area contributed by atoms with E-state index in [4.69, 9.17) is 21.1 Å². The van der Waals surface area contributed by atoms with Gasteiger partial charge in [-0.1, -0.05) is 23.7 Å². The van der Waals surface area contributed by atoms with Crippen LogP contribution in [-0.4, -0.2) is 54.6 Å². The number of aliphatic hydroxyl groups is 1. The lowest BCUT2D eigenvalue weighted by molar-refractivity contribution is -0.0770. The quantitative estimate of drug-likeness (QED) is 0.857. The molecule has 1 heterocycles. The van der Waals surface area contributed by atoms with E-state index in [1.54, 1.807) is 0 Å². The molecule has 1 aliphatic heterocycles. The minimum absolute atomic E-state index is 0. The first-order valence-electron chi connectivity index (χ1n) is 7.30. The van der Waals surface area contributed by atoms with Crippen molar-refractivity contribution in [1.82, 2.24) is 4.90 Å². The Morgan fingerprint density at radius 1 is 1.36 bits per heavy atom. The molecule has 1 aromatic rings. The summed E-state index contributed by atoms with van der Waals surface area (Å²) in [5.41, 5.74) is 1.02. The fourth-order valence-electron chi connectivity index (χ4n) is 2.43. The molecule has 1 N–H and O–H groups in total. The SMILES string of the molecule is CC1(C)COCCN1CC(O)COCc1ccc(Cl)cc1.Cl. The Balaban J connectivity index is 0.00000242. The highest BCUT2D eigenvalue weighted by atomic mass is 35.5. The molecule has 2 rings (SSSR count). The molecule has 0 amide bonds. The van der Waals surface area contributed by atoms with Crippen LogP contribution in [0.5, 0.6) is 0 Å². The summed E-state index contributed by atoms with van der Waals surface area (Å²) in [6.07, 6.45) is -0.491. The summed E-state index contributed by atoms with van der Waals surface area (Å²) < 4.78 is 11.1. The first-order chi connectivity index (χ1) is 9.97. The molecule has 1 aromatic carbocycles. The Morgan fingerprint density at radius 3 is 2.68 bits per heavy atom. The topological polar surface area (TPSA) is 41.9 Å². The predicted molar refractivity (Wildman–Crippen MR) is 90.8 cm³/mol. The molecule has 1 atom stereocenters. The maximum Gasteiger partial charge on any atom is 0.0900 e. The second kappa shape index (κ2) is 9.06. The zero-order valence-corrected chi connectivity index (χ0v) is 14.7. The van der Waals surface area contributed by atoms with Gasteiger partial charge in [-0.05, 0) is 31.5 Å². The van der Waals surface area contributed by atoms with Crippen LogP contribution in [0.15, 0.2) is 24.3 Å². The molecule has 6 heteroatoms. The van der Waals surface area contributed by atoms with E-state index < -0.39 is 6.10 Å². The van der Waals surface area contributed by atoms with Crippen LogP contribution in [0, 0.1) is 0 Å². The van der Waals surface area contributed by atoms with Crippen molar-refractivity contribution in [2.45, 2.75) is 32.1 Å². The number of aliphatic hydroxyl groups excluding tert-OH is 1. The summed E-state index contributed by atoms with van der Waals surface area (Å²) in [5, 5.41) is 10.8. The standard InChI is InChI=1S/C16H24ClNO3.ClH/c1-16(2)12-20-8-7-18(16)9-15(19)11-21-10-13-3-5-14(17)6-4-13;/h3-6,15,19H,7-12H2,1-2H3;1H.